The highest BCUT2D eigenvalue weighted by Gasteiger charge is 2.23. The van der Waals surface area contributed by atoms with Crippen molar-refractivity contribution in [3.63, 3.8) is 0 Å². The SMILES string of the molecule is COc1c(-c2ccc(N3CC(C)OC(C)C3)nc2)cnc2c(-c3ccc(C#N)cc3)cccc12. The van der Waals surface area contributed by atoms with Gasteiger partial charge in [0, 0.05) is 47.6 Å². The van der Waals surface area contributed by atoms with Crippen LogP contribution in [-0.4, -0.2) is 42.4 Å². The van der Waals surface area contributed by atoms with E-state index in [4.69, 9.17) is 24.7 Å². The van der Waals surface area contributed by atoms with Gasteiger partial charge < -0.3 is 14.4 Å². The molecule has 0 radical (unpaired) electrons. The number of ether oxygens (including phenoxy) is 2. The fourth-order valence-corrected chi connectivity index (χ4v) is 4.68. The molecule has 1 saturated heterocycles. The number of para-hydroxylation sites is 1. The zero-order chi connectivity index (χ0) is 23.7. The average Bonchev–Trinajstić information content (AvgIpc) is 2.87. The Morgan fingerprint density at radius 1 is 0.912 bits per heavy atom. The molecule has 1 fully saturated rings. The summed E-state index contributed by atoms with van der Waals surface area (Å²) in [6.07, 6.45) is 4.10. The first kappa shape index (κ1) is 21.9. The van der Waals surface area contributed by atoms with Gasteiger partial charge in [0.05, 0.1) is 36.5 Å². The monoisotopic (exact) mass is 450 g/mol. The summed E-state index contributed by atoms with van der Waals surface area (Å²) in [6.45, 7) is 5.84. The summed E-state index contributed by atoms with van der Waals surface area (Å²) >= 11 is 0. The van der Waals surface area contributed by atoms with Crippen molar-refractivity contribution >= 4 is 16.7 Å². The van der Waals surface area contributed by atoms with Gasteiger partial charge in [-0.1, -0.05) is 24.3 Å². The fourth-order valence-electron chi connectivity index (χ4n) is 4.68. The highest BCUT2D eigenvalue weighted by atomic mass is 16.5. The van der Waals surface area contributed by atoms with Gasteiger partial charge in [-0.05, 0) is 49.7 Å². The summed E-state index contributed by atoms with van der Waals surface area (Å²) in [4.78, 5) is 11.8. The van der Waals surface area contributed by atoms with E-state index in [1.54, 1.807) is 7.11 Å². The lowest BCUT2D eigenvalue weighted by Gasteiger charge is -2.36. The molecule has 2 unspecified atom stereocenters. The third kappa shape index (κ3) is 4.07. The van der Waals surface area contributed by atoms with Gasteiger partial charge in [-0.25, -0.2) is 4.98 Å². The normalized spacial score (nSPS) is 18.0. The molecular formula is C28H26N4O2. The summed E-state index contributed by atoms with van der Waals surface area (Å²) in [5.74, 6) is 1.71. The first-order valence-corrected chi connectivity index (χ1v) is 11.4. The third-order valence-electron chi connectivity index (χ3n) is 6.18. The minimum Gasteiger partial charge on any atom is -0.495 e. The van der Waals surface area contributed by atoms with Crippen molar-refractivity contribution in [1.29, 1.82) is 5.26 Å². The summed E-state index contributed by atoms with van der Waals surface area (Å²) in [7, 11) is 1.69. The summed E-state index contributed by atoms with van der Waals surface area (Å²) in [6, 6.07) is 19.9. The second-order valence-corrected chi connectivity index (χ2v) is 8.66. The highest BCUT2D eigenvalue weighted by molar-refractivity contribution is 6.00. The van der Waals surface area contributed by atoms with Crippen molar-refractivity contribution in [2.24, 2.45) is 0 Å². The largest absolute Gasteiger partial charge is 0.495 e. The van der Waals surface area contributed by atoms with E-state index in [1.165, 1.54) is 0 Å². The number of hydrogen-bond acceptors (Lipinski definition) is 6. The number of pyridine rings is 2. The number of hydrogen-bond donors (Lipinski definition) is 0. The Morgan fingerprint density at radius 2 is 1.65 bits per heavy atom. The van der Waals surface area contributed by atoms with Gasteiger partial charge in [-0.3, -0.25) is 4.98 Å². The summed E-state index contributed by atoms with van der Waals surface area (Å²) < 4.78 is 11.7. The zero-order valence-electron chi connectivity index (χ0n) is 19.5. The molecular weight excluding hydrogens is 424 g/mol. The standard InChI is InChI=1S/C28H26N4O2/c1-18-16-32(17-19(2)34-18)26-12-11-22(14-30-26)25-15-31-27-23(5-4-6-24(27)28(25)33-3)21-9-7-20(13-29)8-10-21/h4-12,14-15,18-19H,16-17H2,1-3H3. The molecule has 5 rings (SSSR count). The molecule has 4 aromatic rings. The van der Waals surface area contributed by atoms with Gasteiger partial charge in [0.25, 0.3) is 0 Å². The Labute approximate surface area is 199 Å². The topological polar surface area (TPSA) is 71.3 Å². The molecule has 3 heterocycles. The number of nitriles is 1. The van der Waals surface area contributed by atoms with Crippen molar-refractivity contribution in [3.05, 3.63) is 72.6 Å². The maximum absolute atomic E-state index is 9.10. The van der Waals surface area contributed by atoms with E-state index in [0.29, 0.717) is 5.56 Å². The van der Waals surface area contributed by atoms with Crippen LogP contribution in [0.5, 0.6) is 5.75 Å². The van der Waals surface area contributed by atoms with Crippen LogP contribution in [-0.2, 0) is 4.74 Å². The van der Waals surface area contributed by atoms with Crippen molar-refractivity contribution in [2.75, 3.05) is 25.1 Å². The molecule has 6 nitrogen and oxygen atoms in total. The summed E-state index contributed by atoms with van der Waals surface area (Å²) in [5, 5.41) is 10.0. The van der Waals surface area contributed by atoms with E-state index in [2.05, 4.69) is 36.9 Å². The molecule has 0 N–H and O–H groups in total. The van der Waals surface area contributed by atoms with Crippen molar-refractivity contribution in [1.82, 2.24) is 9.97 Å². The van der Waals surface area contributed by atoms with E-state index >= 15 is 0 Å². The van der Waals surface area contributed by atoms with Crippen LogP contribution in [0.3, 0.4) is 0 Å². The second-order valence-electron chi connectivity index (χ2n) is 8.66. The fraction of sp³-hybridized carbons (Fsp3) is 0.250. The van der Waals surface area contributed by atoms with Gasteiger partial charge in [-0.2, -0.15) is 5.26 Å². The third-order valence-corrected chi connectivity index (χ3v) is 6.18. The zero-order valence-corrected chi connectivity index (χ0v) is 19.5. The number of benzene rings is 2. The molecule has 34 heavy (non-hydrogen) atoms. The van der Waals surface area contributed by atoms with Crippen LogP contribution in [0.25, 0.3) is 33.2 Å². The lowest BCUT2D eigenvalue weighted by atomic mass is 9.98. The molecule has 2 aromatic carbocycles. The lowest BCUT2D eigenvalue weighted by molar-refractivity contribution is -0.00545. The van der Waals surface area contributed by atoms with Crippen molar-refractivity contribution < 1.29 is 9.47 Å². The van der Waals surface area contributed by atoms with Crippen LogP contribution >= 0.6 is 0 Å². The Bertz CT molecular complexity index is 1350. The molecule has 1 aliphatic rings. The predicted octanol–water partition coefficient (Wildman–Crippen LogP) is 5.46. The van der Waals surface area contributed by atoms with E-state index in [1.807, 2.05) is 54.9 Å². The van der Waals surface area contributed by atoms with Crippen molar-refractivity contribution in [2.45, 2.75) is 26.1 Å². The minimum absolute atomic E-state index is 0.181. The maximum Gasteiger partial charge on any atom is 0.137 e. The Kier molecular flexibility index (Phi) is 5.87. The van der Waals surface area contributed by atoms with Gasteiger partial charge in [-0.15, -0.1) is 0 Å². The van der Waals surface area contributed by atoms with Crippen LogP contribution < -0.4 is 9.64 Å². The van der Waals surface area contributed by atoms with Gasteiger partial charge in [0.1, 0.15) is 11.6 Å². The van der Waals surface area contributed by atoms with Crippen molar-refractivity contribution in [3.8, 4) is 34.1 Å². The first-order valence-electron chi connectivity index (χ1n) is 11.4. The molecule has 6 heteroatoms. The van der Waals surface area contributed by atoms with Crippen LogP contribution in [0, 0.1) is 11.3 Å². The first-order chi connectivity index (χ1) is 16.6. The van der Waals surface area contributed by atoms with Gasteiger partial charge in [0.15, 0.2) is 0 Å². The van der Waals surface area contributed by atoms with E-state index < -0.39 is 0 Å². The van der Waals surface area contributed by atoms with Crippen LogP contribution in [0.2, 0.25) is 0 Å². The minimum atomic E-state index is 0.181. The van der Waals surface area contributed by atoms with Gasteiger partial charge in [0.2, 0.25) is 0 Å². The average molecular weight is 451 g/mol. The van der Waals surface area contributed by atoms with E-state index in [9.17, 15) is 0 Å². The molecule has 0 bridgehead atoms. The number of anilines is 1. The molecule has 1 aliphatic heterocycles. The summed E-state index contributed by atoms with van der Waals surface area (Å²) in [5.41, 5.74) is 5.34. The molecule has 2 aromatic heterocycles. The molecule has 0 amide bonds. The lowest BCUT2D eigenvalue weighted by Crippen LogP contribution is -2.45. The van der Waals surface area contributed by atoms with E-state index in [-0.39, 0.29) is 12.2 Å². The van der Waals surface area contributed by atoms with E-state index in [0.717, 1.165) is 57.8 Å². The Hall–Kier alpha value is -3.95. The number of nitrogens with zero attached hydrogens (tertiary/aromatic N) is 4. The Balaban J connectivity index is 1.52. The highest BCUT2D eigenvalue weighted by Crippen LogP contribution is 2.39. The number of rotatable bonds is 4. The Morgan fingerprint density at radius 3 is 2.29 bits per heavy atom. The van der Waals surface area contributed by atoms with Gasteiger partial charge >= 0.3 is 0 Å². The maximum atomic E-state index is 9.10. The molecule has 0 saturated carbocycles. The number of aromatic nitrogens is 2. The van der Waals surface area contributed by atoms with Crippen LogP contribution in [0.1, 0.15) is 19.4 Å². The second kappa shape index (κ2) is 9.12. The smallest absolute Gasteiger partial charge is 0.137 e. The van der Waals surface area contributed by atoms with Crippen LogP contribution in [0.15, 0.2) is 67.0 Å². The molecule has 170 valence electrons. The predicted molar refractivity (Wildman–Crippen MR) is 134 cm³/mol. The quantitative estimate of drug-likeness (QED) is 0.411. The van der Waals surface area contributed by atoms with Crippen LogP contribution in [0.4, 0.5) is 5.82 Å². The number of fused-ring (bicyclic) bond motifs is 1. The number of morpholine rings is 1. The molecule has 2 atom stereocenters. The number of methoxy groups -OCH3 is 1. The molecule has 0 spiro atoms. The molecule has 0 aliphatic carbocycles.